The van der Waals surface area contributed by atoms with Crippen molar-refractivity contribution in [1.29, 1.82) is 0 Å². The Morgan fingerprint density at radius 1 is 0.365 bits per heavy atom. The number of rotatable bonds is 5. The molecular weight excluding hydrogens is 655 g/mol. The van der Waals surface area contributed by atoms with Crippen molar-refractivity contribution in [3.05, 3.63) is 176 Å². The molecule has 4 heteroatoms. The summed E-state index contributed by atoms with van der Waals surface area (Å²) >= 11 is 1.85. The van der Waals surface area contributed by atoms with Crippen molar-refractivity contribution in [3.8, 4) is 22.3 Å². The number of nitrogens with zero attached hydrogens (tertiary/aromatic N) is 1. The highest BCUT2D eigenvalue weighted by Crippen LogP contribution is 2.45. The molecule has 0 unspecified atom stereocenters. The van der Waals surface area contributed by atoms with E-state index in [9.17, 15) is 0 Å². The van der Waals surface area contributed by atoms with E-state index in [2.05, 4.69) is 157 Å². The number of benzene rings is 8. The maximum absolute atomic E-state index is 6.39. The van der Waals surface area contributed by atoms with Gasteiger partial charge in [-0.25, -0.2) is 0 Å². The lowest BCUT2D eigenvalue weighted by molar-refractivity contribution is 0.668. The molecule has 0 radical (unpaired) electrons. The second-order valence-electron chi connectivity index (χ2n) is 13.3. The molecule has 3 aromatic heterocycles. The normalized spacial score (nSPS) is 11.8. The average Bonchev–Trinajstić information content (AvgIpc) is 3.90. The summed E-state index contributed by atoms with van der Waals surface area (Å²) in [7, 11) is 0. The SMILES string of the molecule is c1cc(-c2ccc3oc4ccccc4c3c2)cc(N(c2ccc(-c3cccc4sc5ccccc5c34)cc2)c2cccc3oc4ccccc4c23)c1. The predicted octanol–water partition coefficient (Wildman–Crippen LogP) is 14.7. The summed E-state index contributed by atoms with van der Waals surface area (Å²) in [5.74, 6) is 0. The number of fused-ring (bicyclic) bond motifs is 9. The molecule has 11 aromatic rings. The fourth-order valence-corrected chi connectivity index (χ4v) is 9.04. The van der Waals surface area contributed by atoms with Gasteiger partial charge in [-0.2, -0.15) is 0 Å². The molecule has 0 saturated carbocycles. The van der Waals surface area contributed by atoms with E-state index in [1.165, 1.54) is 31.3 Å². The minimum absolute atomic E-state index is 0.866. The van der Waals surface area contributed by atoms with E-state index in [4.69, 9.17) is 8.83 Å². The van der Waals surface area contributed by atoms with Crippen LogP contribution in [0.1, 0.15) is 0 Å². The zero-order valence-electron chi connectivity index (χ0n) is 27.9. The Balaban J connectivity index is 1.09. The number of thiophene rings is 1. The third kappa shape index (κ3) is 4.51. The summed E-state index contributed by atoms with van der Waals surface area (Å²) in [5.41, 5.74) is 11.5. The molecule has 8 aromatic carbocycles. The van der Waals surface area contributed by atoms with E-state index >= 15 is 0 Å². The highest BCUT2D eigenvalue weighted by molar-refractivity contribution is 7.25. The summed E-state index contributed by atoms with van der Waals surface area (Å²) in [6.07, 6.45) is 0. The lowest BCUT2D eigenvalue weighted by atomic mass is 9.98. The third-order valence-electron chi connectivity index (χ3n) is 10.3. The fourth-order valence-electron chi connectivity index (χ4n) is 7.90. The van der Waals surface area contributed by atoms with Gasteiger partial charge in [0.25, 0.3) is 0 Å². The lowest BCUT2D eigenvalue weighted by Crippen LogP contribution is -2.10. The van der Waals surface area contributed by atoms with Crippen LogP contribution in [-0.2, 0) is 0 Å². The van der Waals surface area contributed by atoms with E-state index in [-0.39, 0.29) is 0 Å². The van der Waals surface area contributed by atoms with Crippen LogP contribution in [0.25, 0.3) is 86.3 Å². The van der Waals surface area contributed by atoms with Gasteiger partial charge in [0, 0.05) is 47.7 Å². The molecule has 0 spiro atoms. The standard InChI is InChI=1S/C48H29NO2S/c1-4-17-41-36(12-1)39-29-32(24-27-43(39)50-41)31-10-7-11-34(28-31)49(40-16-9-19-44-48(40)37-13-2-5-18-42(37)51-44)33-25-22-30(23-26-33)35-15-8-21-46-47(35)38-14-3-6-20-45(38)52-46/h1-29H. The van der Waals surface area contributed by atoms with Crippen molar-refractivity contribution in [1.82, 2.24) is 0 Å². The molecule has 3 heterocycles. The van der Waals surface area contributed by atoms with Crippen LogP contribution in [-0.4, -0.2) is 0 Å². The summed E-state index contributed by atoms with van der Waals surface area (Å²) < 4.78 is 15.2. The largest absolute Gasteiger partial charge is 0.456 e. The quantitative estimate of drug-likeness (QED) is 0.181. The number of anilines is 3. The van der Waals surface area contributed by atoms with E-state index < -0.39 is 0 Å². The molecular formula is C48H29NO2S. The topological polar surface area (TPSA) is 29.5 Å². The monoisotopic (exact) mass is 683 g/mol. The Labute approximate surface area is 303 Å². The summed E-state index contributed by atoms with van der Waals surface area (Å²) in [6, 6.07) is 62.6. The van der Waals surface area contributed by atoms with Gasteiger partial charge in [-0.15, -0.1) is 11.3 Å². The van der Waals surface area contributed by atoms with Crippen LogP contribution in [0.4, 0.5) is 17.1 Å². The first-order valence-electron chi connectivity index (χ1n) is 17.5. The van der Waals surface area contributed by atoms with Crippen LogP contribution >= 0.6 is 11.3 Å². The number of furan rings is 2. The number of para-hydroxylation sites is 2. The highest BCUT2D eigenvalue weighted by atomic mass is 32.1. The molecule has 0 fully saturated rings. The van der Waals surface area contributed by atoms with Gasteiger partial charge in [0.15, 0.2) is 0 Å². The Hall–Kier alpha value is -6.62. The van der Waals surface area contributed by atoms with Gasteiger partial charge in [0.05, 0.1) is 11.1 Å². The molecule has 3 nitrogen and oxygen atoms in total. The first-order chi connectivity index (χ1) is 25.8. The third-order valence-corrected chi connectivity index (χ3v) is 11.4. The molecule has 0 aliphatic carbocycles. The zero-order chi connectivity index (χ0) is 34.2. The molecule has 0 bridgehead atoms. The van der Waals surface area contributed by atoms with Crippen molar-refractivity contribution < 1.29 is 8.83 Å². The average molecular weight is 684 g/mol. The second-order valence-corrected chi connectivity index (χ2v) is 14.4. The van der Waals surface area contributed by atoms with Crippen LogP contribution < -0.4 is 4.90 Å². The summed E-state index contributed by atoms with van der Waals surface area (Å²) in [5, 5.41) is 7.06. The molecule has 0 amide bonds. The minimum atomic E-state index is 0.866. The summed E-state index contributed by atoms with van der Waals surface area (Å²) in [6.45, 7) is 0. The molecule has 0 aliphatic heterocycles. The molecule has 0 atom stereocenters. The fraction of sp³-hybridized carbons (Fsp3) is 0. The maximum atomic E-state index is 6.39. The Kier molecular flexibility index (Phi) is 6.42. The minimum Gasteiger partial charge on any atom is -0.456 e. The van der Waals surface area contributed by atoms with Gasteiger partial charge in [0.1, 0.15) is 22.3 Å². The van der Waals surface area contributed by atoms with Crippen LogP contribution in [0.3, 0.4) is 0 Å². The van der Waals surface area contributed by atoms with E-state index in [0.29, 0.717) is 0 Å². The predicted molar refractivity (Wildman–Crippen MR) is 219 cm³/mol. The zero-order valence-corrected chi connectivity index (χ0v) is 28.7. The first-order valence-corrected chi connectivity index (χ1v) is 18.3. The Morgan fingerprint density at radius 2 is 1.00 bits per heavy atom. The molecule has 0 N–H and O–H groups in total. The van der Waals surface area contributed by atoms with Crippen LogP contribution in [0.5, 0.6) is 0 Å². The van der Waals surface area contributed by atoms with Gasteiger partial charge < -0.3 is 13.7 Å². The van der Waals surface area contributed by atoms with Gasteiger partial charge in [-0.3, -0.25) is 0 Å². The van der Waals surface area contributed by atoms with Crippen LogP contribution in [0.2, 0.25) is 0 Å². The summed E-state index contributed by atoms with van der Waals surface area (Å²) in [4.78, 5) is 2.37. The van der Waals surface area contributed by atoms with Gasteiger partial charge in [0.2, 0.25) is 0 Å². The molecule has 0 saturated heterocycles. The van der Waals surface area contributed by atoms with Crippen molar-refractivity contribution in [3.63, 3.8) is 0 Å². The maximum Gasteiger partial charge on any atom is 0.137 e. The van der Waals surface area contributed by atoms with E-state index in [1.807, 2.05) is 35.6 Å². The first kappa shape index (κ1) is 29.1. The molecule has 0 aliphatic rings. The smallest absolute Gasteiger partial charge is 0.137 e. The number of hydrogen-bond donors (Lipinski definition) is 0. The van der Waals surface area contributed by atoms with Crippen molar-refractivity contribution in [2.45, 2.75) is 0 Å². The van der Waals surface area contributed by atoms with Crippen molar-refractivity contribution >= 4 is 92.4 Å². The van der Waals surface area contributed by atoms with Crippen molar-refractivity contribution in [2.75, 3.05) is 4.90 Å². The number of hydrogen-bond acceptors (Lipinski definition) is 4. The molecule has 244 valence electrons. The van der Waals surface area contributed by atoms with Crippen LogP contribution in [0.15, 0.2) is 185 Å². The van der Waals surface area contributed by atoms with Gasteiger partial charge >= 0.3 is 0 Å². The molecule has 52 heavy (non-hydrogen) atoms. The van der Waals surface area contributed by atoms with Gasteiger partial charge in [-0.1, -0.05) is 103 Å². The Bertz CT molecular complexity index is 3150. The van der Waals surface area contributed by atoms with Gasteiger partial charge in [-0.05, 0) is 95.1 Å². The van der Waals surface area contributed by atoms with Crippen molar-refractivity contribution in [2.24, 2.45) is 0 Å². The Morgan fingerprint density at radius 3 is 1.88 bits per heavy atom. The van der Waals surface area contributed by atoms with E-state index in [1.54, 1.807) is 0 Å². The molecule has 11 rings (SSSR count). The lowest BCUT2D eigenvalue weighted by Gasteiger charge is -2.27. The van der Waals surface area contributed by atoms with Crippen LogP contribution in [0, 0.1) is 0 Å². The van der Waals surface area contributed by atoms with E-state index in [0.717, 1.165) is 72.1 Å². The second kappa shape index (κ2) is 11.5. The highest BCUT2D eigenvalue weighted by Gasteiger charge is 2.20.